The number of benzene rings is 1. The number of carbonyl (C=O) groups is 1. The van der Waals surface area contributed by atoms with E-state index in [1.165, 1.54) is 19.3 Å². The number of amides is 1. The fourth-order valence-corrected chi connectivity index (χ4v) is 3.37. The smallest absolute Gasteiger partial charge is 0.245 e. The molecule has 0 aliphatic carbocycles. The first-order valence-electron chi connectivity index (χ1n) is 6.93. The van der Waals surface area contributed by atoms with Gasteiger partial charge in [-0.1, -0.05) is 36.8 Å². The molecule has 0 bridgehead atoms. The van der Waals surface area contributed by atoms with Gasteiger partial charge in [0.25, 0.3) is 0 Å². The quantitative estimate of drug-likeness (QED) is 0.861. The van der Waals surface area contributed by atoms with Crippen molar-refractivity contribution >= 4 is 5.91 Å². The van der Waals surface area contributed by atoms with Gasteiger partial charge < -0.3 is 5.32 Å². The van der Waals surface area contributed by atoms with Gasteiger partial charge in [-0.05, 0) is 37.9 Å². The molecule has 1 aromatic rings. The van der Waals surface area contributed by atoms with Gasteiger partial charge in [-0.15, -0.1) is 0 Å². The topological polar surface area (TPSA) is 32.3 Å². The normalized spacial score (nSPS) is 29.2. The van der Waals surface area contributed by atoms with Gasteiger partial charge in [-0.25, -0.2) is 0 Å². The second-order valence-corrected chi connectivity index (χ2v) is 5.28. The average Bonchev–Trinajstić information content (AvgIpc) is 2.84. The van der Waals surface area contributed by atoms with E-state index in [1.54, 1.807) is 0 Å². The van der Waals surface area contributed by atoms with E-state index in [4.69, 9.17) is 0 Å². The average molecular weight is 244 g/mol. The molecule has 1 amide bonds. The third-order valence-electron chi connectivity index (χ3n) is 4.30. The predicted octanol–water partition coefficient (Wildman–Crippen LogP) is 1.89. The summed E-state index contributed by atoms with van der Waals surface area (Å²) in [5.74, 6) is 0.190. The first-order valence-corrected chi connectivity index (χ1v) is 6.93. The fraction of sp³-hybridized carbons (Fsp3) is 0.533. The lowest BCUT2D eigenvalue weighted by molar-refractivity contribution is -0.131. The third-order valence-corrected chi connectivity index (χ3v) is 4.30. The molecule has 0 radical (unpaired) electrons. The summed E-state index contributed by atoms with van der Waals surface area (Å²) in [7, 11) is 0. The Morgan fingerprint density at radius 2 is 1.78 bits per heavy atom. The maximum Gasteiger partial charge on any atom is 0.245 e. The second kappa shape index (κ2) is 4.73. The van der Waals surface area contributed by atoms with Crippen molar-refractivity contribution in [1.82, 2.24) is 10.2 Å². The molecule has 1 atom stereocenters. The molecule has 2 fully saturated rings. The summed E-state index contributed by atoms with van der Waals surface area (Å²) in [5.41, 5.74) is 0.753. The van der Waals surface area contributed by atoms with E-state index in [0.717, 1.165) is 31.6 Å². The van der Waals surface area contributed by atoms with E-state index < -0.39 is 5.54 Å². The Bertz CT molecular complexity index is 425. The van der Waals surface area contributed by atoms with E-state index in [1.807, 2.05) is 18.2 Å². The van der Waals surface area contributed by atoms with Crippen LogP contribution in [0.3, 0.4) is 0 Å². The molecule has 0 aromatic heterocycles. The van der Waals surface area contributed by atoms with Crippen molar-refractivity contribution in [3.8, 4) is 0 Å². The zero-order chi connectivity index (χ0) is 12.4. The number of hydrogen-bond acceptors (Lipinski definition) is 2. The Labute approximate surface area is 108 Å². The number of nitrogens with one attached hydrogen (secondary N) is 1. The first kappa shape index (κ1) is 11.7. The van der Waals surface area contributed by atoms with Crippen LogP contribution in [-0.4, -0.2) is 30.4 Å². The van der Waals surface area contributed by atoms with E-state index in [9.17, 15) is 4.79 Å². The van der Waals surface area contributed by atoms with E-state index in [-0.39, 0.29) is 5.91 Å². The van der Waals surface area contributed by atoms with Crippen LogP contribution in [0, 0.1) is 0 Å². The predicted molar refractivity (Wildman–Crippen MR) is 71.2 cm³/mol. The van der Waals surface area contributed by atoms with Crippen molar-refractivity contribution < 1.29 is 4.79 Å². The van der Waals surface area contributed by atoms with Crippen LogP contribution in [0.1, 0.15) is 31.2 Å². The molecule has 18 heavy (non-hydrogen) atoms. The summed E-state index contributed by atoms with van der Waals surface area (Å²) in [5, 5.41) is 3.03. The van der Waals surface area contributed by atoms with Crippen molar-refractivity contribution in [2.24, 2.45) is 0 Å². The van der Waals surface area contributed by atoms with Crippen LogP contribution < -0.4 is 5.32 Å². The summed E-state index contributed by atoms with van der Waals surface area (Å²) in [6.45, 7) is 2.88. The highest BCUT2D eigenvalue weighted by atomic mass is 16.2. The molecule has 0 spiro atoms. The molecule has 1 N–H and O–H groups in total. The Morgan fingerprint density at radius 1 is 1.06 bits per heavy atom. The Kier molecular flexibility index (Phi) is 3.08. The molecule has 3 rings (SSSR count). The Hall–Kier alpha value is -1.35. The van der Waals surface area contributed by atoms with Crippen LogP contribution in [0.4, 0.5) is 0 Å². The summed E-state index contributed by atoms with van der Waals surface area (Å²) in [6.07, 6.45) is 4.61. The fourth-order valence-electron chi connectivity index (χ4n) is 3.37. The van der Waals surface area contributed by atoms with Gasteiger partial charge in [0.15, 0.2) is 0 Å². The summed E-state index contributed by atoms with van der Waals surface area (Å²) in [6, 6.07) is 10.3. The maximum absolute atomic E-state index is 12.4. The van der Waals surface area contributed by atoms with Gasteiger partial charge >= 0.3 is 0 Å². The van der Waals surface area contributed by atoms with Gasteiger partial charge in [-0.2, -0.15) is 0 Å². The molecular weight excluding hydrogens is 224 g/mol. The summed E-state index contributed by atoms with van der Waals surface area (Å²) < 4.78 is 0. The summed E-state index contributed by atoms with van der Waals surface area (Å²) in [4.78, 5) is 14.8. The molecule has 96 valence electrons. The van der Waals surface area contributed by atoms with Gasteiger partial charge in [0, 0.05) is 6.54 Å². The number of carbonyl (C=O) groups excluding carboxylic acids is 1. The van der Waals surface area contributed by atoms with Crippen molar-refractivity contribution in [1.29, 1.82) is 0 Å². The lowest BCUT2D eigenvalue weighted by atomic mass is 9.85. The molecular formula is C15H20N2O. The molecule has 2 saturated heterocycles. The molecule has 1 aromatic carbocycles. The number of likely N-dealkylation sites (tertiary alicyclic amines) is 1. The highest BCUT2D eigenvalue weighted by molar-refractivity contribution is 5.89. The molecule has 3 nitrogen and oxygen atoms in total. The molecule has 0 saturated carbocycles. The lowest BCUT2D eigenvalue weighted by Gasteiger charge is -2.41. The standard InChI is InChI=1S/C15H20N2O/c18-14-15(9-10-16-14,13-7-3-1-4-8-13)17-11-5-2-6-12-17/h1,3-4,7-8H,2,5-6,9-12H2,(H,16,18). The molecule has 2 heterocycles. The maximum atomic E-state index is 12.4. The zero-order valence-corrected chi connectivity index (χ0v) is 10.7. The SMILES string of the molecule is O=C1NCCC1(c1ccccc1)N1CCCCC1. The minimum Gasteiger partial charge on any atom is -0.354 e. The van der Waals surface area contributed by atoms with Gasteiger partial charge in [0.05, 0.1) is 0 Å². The number of nitrogens with zero attached hydrogens (tertiary/aromatic N) is 1. The van der Waals surface area contributed by atoms with Crippen LogP contribution in [0.25, 0.3) is 0 Å². The number of piperidine rings is 1. The van der Waals surface area contributed by atoms with Crippen molar-refractivity contribution in [2.45, 2.75) is 31.2 Å². The molecule has 3 heteroatoms. The highest BCUT2D eigenvalue weighted by Crippen LogP contribution is 2.37. The number of hydrogen-bond donors (Lipinski definition) is 1. The minimum atomic E-state index is -0.401. The highest BCUT2D eigenvalue weighted by Gasteiger charge is 2.48. The van der Waals surface area contributed by atoms with Crippen LogP contribution in [0.5, 0.6) is 0 Å². The Morgan fingerprint density at radius 3 is 2.39 bits per heavy atom. The Balaban J connectivity index is 2.01. The minimum absolute atomic E-state index is 0.190. The van der Waals surface area contributed by atoms with Crippen molar-refractivity contribution in [2.75, 3.05) is 19.6 Å². The third kappa shape index (κ3) is 1.74. The second-order valence-electron chi connectivity index (χ2n) is 5.28. The zero-order valence-electron chi connectivity index (χ0n) is 10.7. The van der Waals surface area contributed by atoms with Crippen LogP contribution in [0.15, 0.2) is 30.3 Å². The molecule has 2 aliphatic rings. The largest absolute Gasteiger partial charge is 0.354 e. The molecule has 2 aliphatic heterocycles. The van der Waals surface area contributed by atoms with Gasteiger partial charge in [0.1, 0.15) is 5.54 Å². The van der Waals surface area contributed by atoms with Gasteiger partial charge in [-0.3, -0.25) is 9.69 Å². The monoisotopic (exact) mass is 244 g/mol. The van der Waals surface area contributed by atoms with Gasteiger partial charge in [0.2, 0.25) is 5.91 Å². The van der Waals surface area contributed by atoms with Crippen LogP contribution in [-0.2, 0) is 10.3 Å². The summed E-state index contributed by atoms with van der Waals surface area (Å²) >= 11 is 0. The van der Waals surface area contributed by atoms with E-state index >= 15 is 0 Å². The van der Waals surface area contributed by atoms with Crippen molar-refractivity contribution in [3.63, 3.8) is 0 Å². The molecule has 1 unspecified atom stereocenters. The van der Waals surface area contributed by atoms with E-state index in [2.05, 4.69) is 22.3 Å². The first-order chi connectivity index (χ1) is 8.84. The number of rotatable bonds is 2. The van der Waals surface area contributed by atoms with Crippen LogP contribution >= 0.6 is 0 Å². The van der Waals surface area contributed by atoms with Crippen LogP contribution in [0.2, 0.25) is 0 Å². The lowest BCUT2D eigenvalue weighted by Crippen LogP contribution is -2.53. The van der Waals surface area contributed by atoms with E-state index in [0.29, 0.717) is 0 Å². The van der Waals surface area contributed by atoms with Crippen molar-refractivity contribution in [3.05, 3.63) is 35.9 Å².